The molecule has 0 bridgehead atoms. The van der Waals surface area contributed by atoms with Crippen LogP contribution in [-0.4, -0.2) is 61.2 Å². The van der Waals surface area contributed by atoms with Gasteiger partial charge in [-0.25, -0.2) is 19.3 Å². The molecule has 3 aromatic heterocycles. The topological polar surface area (TPSA) is 134 Å². The zero-order valence-corrected chi connectivity index (χ0v) is 20.3. The molecular weight excluding hydrogens is 460 g/mol. The fourth-order valence-electron chi connectivity index (χ4n) is 4.40. The highest BCUT2D eigenvalue weighted by Gasteiger charge is 2.32. The number of rotatable bonds is 5. The molecule has 3 atom stereocenters. The highest BCUT2D eigenvalue weighted by atomic mass is 35.5. The van der Waals surface area contributed by atoms with Crippen molar-refractivity contribution < 1.29 is 19.7 Å². The second kappa shape index (κ2) is 9.36. The minimum Gasteiger partial charge on any atom is -0.446 e. The second-order valence-electron chi connectivity index (χ2n) is 9.05. The monoisotopic (exact) mass is 488 g/mol. The third-order valence-corrected chi connectivity index (χ3v) is 6.42. The number of pyridine rings is 1. The lowest BCUT2D eigenvalue weighted by atomic mass is 9.90. The Morgan fingerprint density at radius 3 is 2.74 bits per heavy atom. The Morgan fingerprint density at radius 2 is 2.06 bits per heavy atom. The van der Waals surface area contributed by atoms with Gasteiger partial charge in [0, 0.05) is 30.3 Å². The van der Waals surface area contributed by atoms with Crippen molar-refractivity contribution in [3.05, 3.63) is 40.8 Å². The van der Waals surface area contributed by atoms with E-state index in [2.05, 4.69) is 25.7 Å². The first-order valence-corrected chi connectivity index (χ1v) is 11.5. The second-order valence-corrected chi connectivity index (χ2v) is 9.45. The first kappa shape index (κ1) is 24.2. The molecule has 4 rings (SSSR count). The predicted octanol–water partition coefficient (Wildman–Crippen LogP) is 3.03. The van der Waals surface area contributed by atoms with Crippen molar-refractivity contribution in [3.63, 3.8) is 0 Å². The van der Waals surface area contributed by atoms with E-state index in [1.807, 2.05) is 19.1 Å². The van der Waals surface area contributed by atoms with Crippen LogP contribution in [0.1, 0.15) is 44.4 Å². The summed E-state index contributed by atoms with van der Waals surface area (Å²) in [5.41, 5.74) is 2.62. The molecule has 10 nitrogen and oxygen atoms in total. The normalized spacial score (nSPS) is 20.9. The average molecular weight is 489 g/mol. The van der Waals surface area contributed by atoms with Gasteiger partial charge in [0.1, 0.15) is 6.10 Å². The van der Waals surface area contributed by atoms with Crippen molar-refractivity contribution in [1.82, 2.24) is 24.9 Å². The van der Waals surface area contributed by atoms with Gasteiger partial charge in [-0.3, -0.25) is 0 Å². The van der Waals surface area contributed by atoms with E-state index in [0.29, 0.717) is 35.9 Å². The Kier molecular flexibility index (Phi) is 6.66. The number of carbonyl (C=O) groups excluding carboxylic acids is 1. The third-order valence-electron chi connectivity index (χ3n) is 6.14. The number of anilines is 1. The minimum absolute atomic E-state index is 0.293. The molecule has 0 aromatic carbocycles. The first-order chi connectivity index (χ1) is 16.1. The van der Waals surface area contributed by atoms with Gasteiger partial charge in [0.05, 0.1) is 46.4 Å². The maximum absolute atomic E-state index is 11.4. The predicted molar refractivity (Wildman–Crippen MR) is 128 cm³/mol. The summed E-state index contributed by atoms with van der Waals surface area (Å²) in [7, 11) is 1.50. The van der Waals surface area contributed by atoms with Gasteiger partial charge < -0.3 is 25.6 Å². The van der Waals surface area contributed by atoms with Crippen LogP contribution in [0, 0.1) is 6.92 Å². The van der Waals surface area contributed by atoms with Crippen LogP contribution in [0.3, 0.4) is 0 Å². The number of aliphatic hydroxyl groups is 2. The lowest BCUT2D eigenvalue weighted by molar-refractivity contribution is 0.0172. The molecule has 182 valence electrons. The fourth-order valence-corrected chi connectivity index (χ4v) is 4.59. The van der Waals surface area contributed by atoms with Crippen molar-refractivity contribution in [2.75, 3.05) is 12.4 Å². The van der Waals surface area contributed by atoms with Crippen LogP contribution in [0.5, 0.6) is 0 Å². The number of nitrogens with zero attached hydrogens (tertiary/aromatic N) is 4. The summed E-state index contributed by atoms with van der Waals surface area (Å²) in [4.78, 5) is 20.3. The van der Waals surface area contributed by atoms with Crippen LogP contribution < -0.4 is 10.6 Å². The standard InChI is InChI=1S/C23H29ClN6O4/c1-12-15(23(2,3)33)6-8-18-14(10-27-30(12)18)20-16(24)11-26-21(29-20)28-17-7-5-13(9-19(17)31)34-22(32)25-4/h6,8,10-11,13,17,19,31,33H,5,7,9H2,1-4H3,(H,25,32)(H,26,28,29)/t13-,17-,19-/m1/s1. The summed E-state index contributed by atoms with van der Waals surface area (Å²) < 4.78 is 7.02. The molecule has 11 heteroatoms. The van der Waals surface area contributed by atoms with Gasteiger partial charge in [-0.1, -0.05) is 17.7 Å². The van der Waals surface area contributed by atoms with E-state index in [-0.39, 0.29) is 12.1 Å². The Labute approximate surface area is 202 Å². The number of halogens is 1. The van der Waals surface area contributed by atoms with Gasteiger partial charge in [-0.05, 0) is 39.7 Å². The molecule has 4 N–H and O–H groups in total. The van der Waals surface area contributed by atoms with E-state index in [4.69, 9.17) is 16.3 Å². The van der Waals surface area contributed by atoms with E-state index < -0.39 is 17.8 Å². The number of aryl methyl sites for hydroxylation is 1. The number of fused-ring (bicyclic) bond motifs is 1. The summed E-state index contributed by atoms with van der Waals surface area (Å²) in [6.07, 6.45) is 3.14. The van der Waals surface area contributed by atoms with Crippen LogP contribution in [0.15, 0.2) is 24.5 Å². The van der Waals surface area contributed by atoms with Crippen LogP contribution >= 0.6 is 11.6 Å². The lowest BCUT2D eigenvalue weighted by Gasteiger charge is -2.33. The average Bonchev–Trinajstić information content (AvgIpc) is 3.21. The van der Waals surface area contributed by atoms with Gasteiger partial charge in [-0.2, -0.15) is 5.10 Å². The summed E-state index contributed by atoms with van der Waals surface area (Å²) in [6, 6.07) is 3.46. The van der Waals surface area contributed by atoms with Crippen molar-refractivity contribution in [2.45, 2.75) is 63.9 Å². The van der Waals surface area contributed by atoms with Gasteiger partial charge in [-0.15, -0.1) is 0 Å². The van der Waals surface area contributed by atoms with Gasteiger partial charge in [0.2, 0.25) is 5.95 Å². The molecule has 1 saturated carbocycles. The van der Waals surface area contributed by atoms with Gasteiger partial charge >= 0.3 is 6.09 Å². The summed E-state index contributed by atoms with van der Waals surface area (Å²) >= 11 is 6.45. The molecule has 0 saturated heterocycles. The number of aliphatic hydroxyl groups excluding tert-OH is 1. The molecule has 34 heavy (non-hydrogen) atoms. The summed E-state index contributed by atoms with van der Waals surface area (Å²) in [5, 5.41) is 31.5. The Balaban J connectivity index is 1.57. The number of hydrogen-bond acceptors (Lipinski definition) is 8. The number of hydrogen-bond donors (Lipinski definition) is 4. The molecule has 0 unspecified atom stereocenters. The molecule has 0 spiro atoms. The van der Waals surface area contributed by atoms with Crippen LogP contribution in [0.4, 0.5) is 10.7 Å². The van der Waals surface area contributed by atoms with Crippen LogP contribution in [-0.2, 0) is 10.3 Å². The third kappa shape index (κ3) is 4.79. The number of nitrogens with one attached hydrogen (secondary N) is 2. The van der Waals surface area contributed by atoms with Gasteiger partial charge in [0.15, 0.2) is 0 Å². The van der Waals surface area contributed by atoms with E-state index in [1.54, 1.807) is 24.6 Å². The molecule has 1 aliphatic rings. The summed E-state index contributed by atoms with van der Waals surface area (Å²) in [5.74, 6) is 0.332. The highest BCUT2D eigenvalue weighted by Crippen LogP contribution is 2.33. The Morgan fingerprint density at radius 1 is 1.29 bits per heavy atom. The maximum atomic E-state index is 11.4. The molecule has 0 radical (unpaired) electrons. The van der Waals surface area contributed by atoms with Crippen molar-refractivity contribution >= 4 is 29.2 Å². The molecule has 1 fully saturated rings. The number of amides is 1. The largest absolute Gasteiger partial charge is 0.446 e. The van der Waals surface area contributed by atoms with E-state index in [0.717, 1.165) is 22.3 Å². The zero-order chi connectivity index (χ0) is 24.6. The minimum atomic E-state index is -1.00. The lowest BCUT2D eigenvalue weighted by Crippen LogP contribution is -2.43. The van der Waals surface area contributed by atoms with Crippen LogP contribution in [0.25, 0.3) is 16.8 Å². The molecule has 1 amide bonds. The Hall–Kier alpha value is -2.95. The SMILES string of the molecule is CNC(=O)O[C@@H]1CC[C@@H](Nc2ncc(Cl)c(-c3cnn4c(C)c(C(C)(C)O)ccc34)n2)[C@H](O)C1. The first-order valence-electron chi connectivity index (χ1n) is 11.1. The van der Waals surface area contributed by atoms with E-state index in [1.165, 1.54) is 13.2 Å². The van der Waals surface area contributed by atoms with Crippen molar-refractivity contribution in [3.8, 4) is 11.3 Å². The number of carbonyl (C=O) groups is 1. The van der Waals surface area contributed by atoms with Crippen LogP contribution in [0.2, 0.25) is 5.02 Å². The molecular formula is C23H29ClN6O4. The van der Waals surface area contributed by atoms with E-state index >= 15 is 0 Å². The molecule has 1 aliphatic carbocycles. The van der Waals surface area contributed by atoms with Crippen molar-refractivity contribution in [1.29, 1.82) is 0 Å². The fraction of sp³-hybridized carbons (Fsp3) is 0.478. The quantitative estimate of drug-likeness (QED) is 0.430. The van der Waals surface area contributed by atoms with Gasteiger partial charge in [0.25, 0.3) is 0 Å². The van der Waals surface area contributed by atoms with E-state index in [9.17, 15) is 15.0 Å². The summed E-state index contributed by atoms with van der Waals surface area (Å²) in [6.45, 7) is 5.37. The smallest absolute Gasteiger partial charge is 0.407 e. The number of ether oxygens (including phenoxy) is 1. The molecule has 3 heterocycles. The number of aromatic nitrogens is 4. The molecule has 3 aromatic rings. The zero-order valence-electron chi connectivity index (χ0n) is 19.5. The van der Waals surface area contributed by atoms with Crippen molar-refractivity contribution in [2.24, 2.45) is 0 Å². The maximum Gasteiger partial charge on any atom is 0.407 e. The Bertz CT molecular complexity index is 1210. The number of alkyl carbamates (subject to hydrolysis) is 1. The molecule has 0 aliphatic heterocycles. The highest BCUT2D eigenvalue weighted by molar-refractivity contribution is 6.33.